The van der Waals surface area contributed by atoms with Gasteiger partial charge in [0.2, 0.25) is 5.91 Å². The van der Waals surface area contributed by atoms with Crippen LogP contribution in [0.25, 0.3) is 0 Å². The predicted molar refractivity (Wildman–Crippen MR) is 79.6 cm³/mol. The Morgan fingerprint density at radius 1 is 1.19 bits per heavy atom. The summed E-state index contributed by atoms with van der Waals surface area (Å²) in [5.74, 6) is -0.987. The summed E-state index contributed by atoms with van der Waals surface area (Å²) in [4.78, 5) is 23.3. The largest absolute Gasteiger partial charge is 0.481 e. The smallest absolute Gasteiger partial charge is 0.305 e. The summed E-state index contributed by atoms with van der Waals surface area (Å²) < 4.78 is 0. The van der Waals surface area contributed by atoms with Gasteiger partial charge in [-0.3, -0.25) is 9.59 Å². The molecule has 2 rings (SSSR count). The lowest BCUT2D eigenvalue weighted by Crippen LogP contribution is -2.48. The number of nitrogens with one attached hydrogen (secondary N) is 1. The quantitative estimate of drug-likeness (QED) is 0.742. The number of rotatable bonds is 6. The van der Waals surface area contributed by atoms with Crippen LogP contribution in [0.4, 0.5) is 0 Å². The normalized spacial score (nSPS) is 16.6. The predicted octanol–water partition coefficient (Wildman–Crippen LogP) is 1.59. The van der Waals surface area contributed by atoms with Gasteiger partial charge < -0.3 is 16.2 Å². The van der Waals surface area contributed by atoms with E-state index in [-0.39, 0.29) is 18.7 Å². The van der Waals surface area contributed by atoms with E-state index in [1.54, 1.807) is 0 Å². The molecule has 0 aromatic heterocycles. The Bertz CT molecular complexity index is 522. The highest BCUT2D eigenvalue weighted by Gasteiger charge is 2.37. The van der Waals surface area contributed by atoms with Gasteiger partial charge in [0, 0.05) is 6.54 Å². The van der Waals surface area contributed by atoms with E-state index < -0.39 is 11.5 Å². The number of hydrogen-bond acceptors (Lipinski definition) is 3. The van der Waals surface area contributed by atoms with Gasteiger partial charge in [-0.1, -0.05) is 37.1 Å². The van der Waals surface area contributed by atoms with E-state index in [0.29, 0.717) is 6.54 Å². The first-order chi connectivity index (χ1) is 10.0. The van der Waals surface area contributed by atoms with Gasteiger partial charge in [0.15, 0.2) is 0 Å². The van der Waals surface area contributed by atoms with E-state index in [1.807, 2.05) is 24.3 Å². The number of carbonyl (C=O) groups excluding carboxylic acids is 1. The van der Waals surface area contributed by atoms with E-state index in [9.17, 15) is 9.59 Å². The summed E-state index contributed by atoms with van der Waals surface area (Å²) in [6, 6.07) is 7.57. The highest BCUT2D eigenvalue weighted by atomic mass is 16.4. The Morgan fingerprint density at radius 2 is 1.81 bits per heavy atom. The zero-order chi connectivity index (χ0) is 15.3. The fourth-order valence-electron chi connectivity index (χ4n) is 3.13. The third-order valence-corrected chi connectivity index (χ3v) is 4.14. The van der Waals surface area contributed by atoms with Crippen LogP contribution >= 0.6 is 0 Å². The van der Waals surface area contributed by atoms with Gasteiger partial charge in [0.1, 0.15) is 0 Å². The standard InChI is InChI=1S/C16H22N2O3/c17-11-13-6-2-1-5-12(13)9-14(19)18-16(10-15(20)21)7-3-4-8-16/h1-2,5-6H,3-4,7-11,17H2,(H,18,19)(H,20,21). The molecule has 0 radical (unpaired) electrons. The SMILES string of the molecule is NCc1ccccc1CC(=O)NC1(CC(=O)O)CCCC1. The number of carboxylic acid groups (broad SMARTS) is 1. The lowest BCUT2D eigenvalue weighted by molar-refractivity contribution is -0.139. The molecule has 0 aliphatic heterocycles. The van der Waals surface area contributed by atoms with Gasteiger partial charge in [-0.15, -0.1) is 0 Å². The summed E-state index contributed by atoms with van der Waals surface area (Å²) in [7, 11) is 0. The monoisotopic (exact) mass is 290 g/mol. The molecule has 1 amide bonds. The van der Waals surface area contributed by atoms with Crippen molar-refractivity contribution in [2.75, 3.05) is 0 Å². The Labute approximate surface area is 124 Å². The molecule has 0 heterocycles. The molecule has 1 aromatic carbocycles. The van der Waals surface area contributed by atoms with Crippen LogP contribution in [0.1, 0.15) is 43.2 Å². The maximum absolute atomic E-state index is 12.3. The second-order valence-corrected chi connectivity index (χ2v) is 5.76. The minimum atomic E-state index is -0.862. The van der Waals surface area contributed by atoms with Crippen LogP contribution in [-0.4, -0.2) is 22.5 Å². The molecule has 0 unspecified atom stereocenters. The molecule has 114 valence electrons. The number of nitrogens with two attached hydrogens (primary N) is 1. The second-order valence-electron chi connectivity index (χ2n) is 5.76. The third kappa shape index (κ3) is 4.04. The number of aliphatic carboxylic acids is 1. The van der Waals surface area contributed by atoms with Crippen molar-refractivity contribution in [1.82, 2.24) is 5.32 Å². The zero-order valence-electron chi connectivity index (χ0n) is 12.1. The van der Waals surface area contributed by atoms with Gasteiger partial charge in [-0.25, -0.2) is 0 Å². The number of hydrogen-bond donors (Lipinski definition) is 3. The third-order valence-electron chi connectivity index (χ3n) is 4.14. The van der Waals surface area contributed by atoms with Crippen LogP contribution in [0.3, 0.4) is 0 Å². The van der Waals surface area contributed by atoms with Crippen LogP contribution in [-0.2, 0) is 22.6 Å². The molecule has 1 aromatic rings. The van der Waals surface area contributed by atoms with E-state index in [2.05, 4.69) is 5.32 Å². The average Bonchev–Trinajstić information content (AvgIpc) is 2.86. The zero-order valence-corrected chi connectivity index (χ0v) is 12.1. The molecule has 1 saturated carbocycles. The van der Waals surface area contributed by atoms with Crippen molar-refractivity contribution in [3.8, 4) is 0 Å². The van der Waals surface area contributed by atoms with Crippen molar-refractivity contribution in [2.24, 2.45) is 5.73 Å². The summed E-state index contributed by atoms with van der Waals surface area (Å²) >= 11 is 0. The first-order valence-corrected chi connectivity index (χ1v) is 7.34. The summed E-state index contributed by atoms with van der Waals surface area (Å²) in [6.07, 6.45) is 3.65. The van der Waals surface area contributed by atoms with E-state index in [0.717, 1.165) is 36.8 Å². The Balaban J connectivity index is 2.04. The molecule has 21 heavy (non-hydrogen) atoms. The van der Waals surface area contributed by atoms with Crippen molar-refractivity contribution >= 4 is 11.9 Å². The van der Waals surface area contributed by atoms with Gasteiger partial charge in [-0.2, -0.15) is 0 Å². The van der Waals surface area contributed by atoms with Crippen LogP contribution in [0, 0.1) is 0 Å². The lowest BCUT2D eigenvalue weighted by atomic mass is 9.92. The van der Waals surface area contributed by atoms with Crippen LogP contribution < -0.4 is 11.1 Å². The number of carbonyl (C=O) groups is 2. The van der Waals surface area contributed by atoms with Crippen molar-refractivity contribution in [2.45, 2.75) is 50.6 Å². The fraction of sp³-hybridized carbons (Fsp3) is 0.500. The molecular formula is C16H22N2O3. The van der Waals surface area contributed by atoms with E-state index in [4.69, 9.17) is 10.8 Å². The Kier molecular flexibility index (Phi) is 4.96. The fourth-order valence-corrected chi connectivity index (χ4v) is 3.13. The summed E-state index contributed by atoms with van der Waals surface area (Å²) in [6.45, 7) is 0.393. The number of carboxylic acids is 1. The Hall–Kier alpha value is -1.88. The maximum Gasteiger partial charge on any atom is 0.305 e. The maximum atomic E-state index is 12.3. The molecule has 1 fully saturated rings. The molecule has 0 spiro atoms. The van der Waals surface area contributed by atoms with Gasteiger partial charge >= 0.3 is 5.97 Å². The van der Waals surface area contributed by atoms with Gasteiger partial charge in [-0.05, 0) is 24.0 Å². The first kappa shape index (κ1) is 15.5. The molecule has 1 aliphatic carbocycles. The van der Waals surface area contributed by atoms with Gasteiger partial charge in [0.05, 0.1) is 18.4 Å². The minimum Gasteiger partial charge on any atom is -0.481 e. The number of amides is 1. The molecule has 0 atom stereocenters. The minimum absolute atomic E-state index is 0.00270. The summed E-state index contributed by atoms with van der Waals surface area (Å²) in [5.41, 5.74) is 6.96. The first-order valence-electron chi connectivity index (χ1n) is 7.34. The molecule has 4 N–H and O–H groups in total. The Morgan fingerprint density at radius 3 is 2.38 bits per heavy atom. The summed E-state index contributed by atoms with van der Waals surface area (Å²) in [5, 5.41) is 12.0. The van der Waals surface area contributed by atoms with E-state index >= 15 is 0 Å². The van der Waals surface area contributed by atoms with Crippen molar-refractivity contribution in [3.63, 3.8) is 0 Å². The van der Waals surface area contributed by atoms with Crippen molar-refractivity contribution in [3.05, 3.63) is 35.4 Å². The van der Waals surface area contributed by atoms with E-state index in [1.165, 1.54) is 0 Å². The molecule has 1 aliphatic rings. The average molecular weight is 290 g/mol. The molecule has 5 nitrogen and oxygen atoms in total. The van der Waals surface area contributed by atoms with Crippen LogP contribution in [0.5, 0.6) is 0 Å². The van der Waals surface area contributed by atoms with Crippen molar-refractivity contribution in [1.29, 1.82) is 0 Å². The second kappa shape index (κ2) is 6.72. The highest BCUT2D eigenvalue weighted by molar-refractivity contribution is 5.81. The molecule has 5 heteroatoms. The van der Waals surface area contributed by atoms with Crippen LogP contribution in [0.2, 0.25) is 0 Å². The lowest BCUT2D eigenvalue weighted by Gasteiger charge is -2.28. The molecule has 0 bridgehead atoms. The highest BCUT2D eigenvalue weighted by Crippen LogP contribution is 2.32. The van der Waals surface area contributed by atoms with Gasteiger partial charge in [0.25, 0.3) is 0 Å². The number of benzene rings is 1. The van der Waals surface area contributed by atoms with Crippen molar-refractivity contribution < 1.29 is 14.7 Å². The van der Waals surface area contributed by atoms with Crippen LogP contribution in [0.15, 0.2) is 24.3 Å². The molecule has 0 saturated heterocycles. The topological polar surface area (TPSA) is 92.4 Å². The molecular weight excluding hydrogens is 268 g/mol.